The lowest BCUT2D eigenvalue weighted by Gasteiger charge is -2.12. The minimum absolute atomic E-state index is 0.190. The molecule has 0 fully saturated rings. The second-order valence-electron chi connectivity index (χ2n) is 7.06. The number of hydrogen-bond donors (Lipinski definition) is 1. The van der Waals surface area contributed by atoms with Crippen molar-refractivity contribution in [1.29, 1.82) is 0 Å². The number of anilines is 1. The molecule has 2 aromatic heterocycles. The maximum absolute atomic E-state index is 12.7. The molecule has 146 valence electrons. The minimum Gasteiger partial charge on any atom is -0.494 e. The van der Waals surface area contributed by atoms with Crippen molar-refractivity contribution in [2.75, 3.05) is 12.4 Å². The van der Waals surface area contributed by atoms with Gasteiger partial charge in [-0.15, -0.1) is 0 Å². The zero-order valence-electron chi connectivity index (χ0n) is 16.9. The minimum atomic E-state index is -0.190. The highest BCUT2D eigenvalue weighted by Gasteiger charge is 2.15. The third-order valence-electron chi connectivity index (χ3n) is 4.79. The first-order chi connectivity index (χ1) is 14.0. The Morgan fingerprint density at radius 2 is 1.83 bits per heavy atom. The molecule has 0 atom stereocenters. The molecule has 29 heavy (non-hydrogen) atoms. The van der Waals surface area contributed by atoms with Crippen LogP contribution >= 0.6 is 0 Å². The first-order valence-electron chi connectivity index (χ1n) is 9.35. The summed E-state index contributed by atoms with van der Waals surface area (Å²) in [6, 6.07) is 17.1. The number of aryl methyl sites for hydroxylation is 3. The lowest BCUT2D eigenvalue weighted by molar-refractivity contribution is 0.102. The van der Waals surface area contributed by atoms with Crippen LogP contribution in [0.15, 0.2) is 54.6 Å². The van der Waals surface area contributed by atoms with Crippen molar-refractivity contribution in [3.05, 3.63) is 77.0 Å². The Bertz CT molecular complexity index is 1230. The van der Waals surface area contributed by atoms with E-state index in [4.69, 9.17) is 9.72 Å². The summed E-state index contributed by atoms with van der Waals surface area (Å²) in [6.45, 7) is 5.86. The van der Waals surface area contributed by atoms with Crippen molar-refractivity contribution in [2.24, 2.45) is 0 Å². The lowest BCUT2D eigenvalue weighted by Crippen LogP contribution is -2.15. The van der Waals surface area contributed by atoms with Gasteiger partial charge >= 0.3 is 0 Å². The fourth-order valence-corrected chi connectivity index (χ4v) is 3.39. The summed E-state index contributed by atoms with van der Waals surface area (Å²) >= 11 is 0. The summed E-state index contributed by atoms with van der Waals surface area (Å²) in [6.07, 6.45) is 0. The number of pyridine rings is 1. The van der Waals surface area contributed by atoms with Gasteiger partial charge in [0.2, 0.25) is 0 Å². The molecule has 1 N–H and O–H groups in total. The molecule has 0 saturated carbocycles. The van der Waals surface area contributed by atoms with Gasteiger partial charge in [0, 0.05) is 17.0 Å². The Balaban J connectivity index is 1.78. The van der Waals surface area contributed by atoms with Gasteiger partial charge in [0.15, 0.2) is 5.82 Å². The maximum Gasteiger partial charge on any atom is 0.256 e. The molecule has 2 aromatic carbocycles. The molecule has 0 aliphatic rings. The predicted molar refractivity (Wildman–Crippen MR) is 114 cm³/mol. The fraction of sp³-hybridized carbons (Fsp3) is 0.174. The number of hydrogen-bond acceptors (Lipinski definition) is 4. The molecule has 0 aliphatic heterocycles. The van der Waals surface area contributed by atoms with Crippen LogP contribution in [-0.2, 0) is 0 Å². The van der Waals surface area contributed by atoms with Crippen LogP contribution in [0.1, 0.15) is 27.2 Å². The van der Waals surface area contributed by atoms with Crippen LogP contribution in [0, 0.1) is 20.8 Å². The van der Waals surface area contributed by atoms with E-state index < -0.39 is 0 Å². The molecular formula is C23H22N4O2. The molecule has 0 unspecified atom stereocenters. The van der Waals surface area contributed by atoms with Crippen molar-refractivity contribution in [3.63, 3.8) is 0 Å². The van der Waals surface area contributed by atoms with Crippen molar-refractivity contribution in [2.45, 2.75) is 20.8 Å². The zero-order chi connectivity index (χ0) is 20.5. The zero-order valence-corrected chi connectivity index (χ0v) is 16.9. The average molecular weight is 386 g/mol. The quantitative estimate of drug-likeness (QED) is 0.556. The van der Waals surface area contributed by atoms with E-state index in [1.54, 1.807) is 17.9 Å². The molecule has 4 rings (SSSR count). The molecular weight excluding hydrogens is 364 g/mol. The number of amides is 1. The lowest BCUT2D eigenvalue weighted by atomic mass is 10.1. The maximum atomic E-state index is 12.7. The Hall–Kier alpha value is -3.67. The van der Waals surface area contributed by atoms with Gasteiger partial charge in [-0.2, -0.15) is 9.78 Å². The van der Waals surface area contributed by atoms with Crippen molar-refractivity contribution in [1.82, 2.24) is 14.8 Å². The third kappa shape index (κ3) is 3.57. The van der Waals surface area contributed by atoms with E-state index in [2.05, 4.69) is 10.4 Å². The SMILES string of the molecule is COc1cccc2c(C)cc(-n3nc(C)cc3NC(=O)c3cccc(C)c3)nc12. The highest BCUT2D eigenvalue weighted by molar-refractivity contribution is 6.04. The molecule has 6 heteroatoms. The topological polar surface area (TPSA) is 69.0 Å². The molecule has 1 amide bonds. The van der Waals surface area contributed by atoms with Gasteiger partial charge < -0.3 is 10.1 Å². The number of aromatic nitrogens is 3. The second-order valence-corrected chi connectivity index (χ2v) is 7.06. The Kier molecular flexibility index (Phi) is 4.76. The summed E-state index contributed by atoms with van der Waals surface area (Å²) < 4.78 is 7.14. The van der Waals surface area contributed by atoms with Gasteiger partial charge in [-0.05, 0) is 50.6 Å². The molecule has 0 spiro atoms. The van der Waals surface area contributed by atoms with Crippen LogP contribution < -0.4 is 10.1 Å². The predicted octanol–water partition coefficient (Wildman–Crippen LogP) is 4.61. The first kappa shape index (κ1) is 18.7. The van der Waals surface area contributed by atoms with Crippen molar-refractivity contribution in [3.8, 4) is 11.6 Å². The van der Waals surface area contributed by atoms with Gasteiger partial charge in [-0.3, -0.25) is 4.79 Å². The number of nitrogens with zero attached hydrogens (tertiary/aromatic N) is 3. The van der Waals surface area contributed by atoms with E-state index in [0.717, 1.165) is 27.7 Å². The standard InChI is InChI=1S/C23H22N4O2/c1-14-7-5-8-17(11-14)23(28)25-21-13-16(3)26-27(21)20-12-15(2)18-9-6-10-19(29-4)22(18)24-20/h5-13H,1-4H3,(H,25,28). The van der Waals surface area contributed by atoms with Crippen molar-refractivity contribution >= 4 is 22.6 Å². The number of fused-ring (bicyclic) bond motifs is 1. The van der Waals surface area contributed by atoms with Crippen molar-refractivity contribution < 1.29 is 9.53 Å². The van der Waals surface area contributed by atoms with Crippen LogP contribution in [0.25, 0.3) is 16.7 Å². The average Bonchev–Trinajstić information content (AvgIpc) is 3.07. The van der Waals surface area contributed by atoms with Gasteiger partial charge in [-0.1, -0.05) is 29.8 Å². The van der Waals surface area contributed by atoms with Gasteiger partial charge in [0.1, 0.15) is 17.1 Å². The highest BCUT2D eigenvalue weighted by Crippen LogP contribution is 2.28. The van der Waals surface area contributed by atoms with Gasteiger partial charge in [0.25, 0.3) is 5.91 Å². The molecule has 0 bridgehead atoms. The Labute approximate surface area is 169 Å². The highest BCUT2D eigenvalue weighted by atomic mass is 16.5. The number of carbonyl (C=O) groups excluding carboxylic acids is 1. The molecule has 0 saturated heterocycles. The van der Waals surface area contributed by atoms with E-state index in [1.807, 2.05) is 69.3 Å². The van der Waals surface area contributed by atoms with Crippen LogP contribution in [0.5, 0.6) is 5.75 Å². The molecule has 6 nitrogen and oxygen atoms in total. The summed E-state index contributed by atoms with van der Waals surface area (Å²) in [4.78, 5) is 17.5. The largest absolute Gasteiger partial charge is 0.494 e. The number of methoxy groups -OCH3 is 1. The number of carbonyl (C=O) groups is 1. The number of ether oxygens (including phenoxy) is 1. The monoisotopic (exact) mass is 386 g/mol. The molecule has 2 heterocycles. The fourth-order valence-electron chi connectivity index (χ4n) is 3.39. The van der Waals surface area contributed by atoms with Gasteiger partial charge in [0.05, 0.1) is 12.8 Å². The smallest absolute Gasteiger partial charge is 0.256 e. The number of benzene rings is 2. The first-order valence-corrected chi connectivity index (χ1v) is 9.35. The van der Waals surface area contributed by atoms with E-state index in [-0.39, 0.29) is 5.91 Å². The molecule has 0 aliphatic carbocycles. The van der Waals surface area contributed by atoms with E-state index in [0.29, 0.717) is 22.9 Å². The van der Waals surface area contributed by atoms with E-state index >= 15 is 0 Å². The number of rotatable bonds is 4. The summed E-state index contributed by atoms with van der Waals surface area (Å²) in [5, 5.41) is 8.52. The normalized spacial score (nSPS) is 10.9. The Morgan fingerprint density at radius 3 is 2.59 bits per heavy atom. The second kappa shape index (κ2) is 7.39. The third-order valence-corrected chi connectivity index (χ3v) is 4.79. The Morgan fingerprint density at radius 1 is 1.03 bits per heavy atom. The molecule has 0 radical (unpaired) electrons. The number of para-hydroxylation sites is 1. The van der Waals surface area contributed by atoms with E-state index in [9.17, 15) is 4.79 Å². The van der Waals surface area contributed by atoms with Crippen LogP contribution in [0.2, 0.25) is 0 Å². The van der Waals surface area contributed by atoms with Gasteiger partial charge in [-0.25, -0.2) is 4.98 Å². The van der Waals surface area contributed by atoms with E-state index in [1.165, 1.54) is 0 Å². The number of nitrogens with one attached hydrogen (secondary N) is 1. The summed E-state index contributed by atoms with van der Waals surface area (Å²) in [5.74, 6) is 1.69. The van der Waals surface area contributed by atoms with Crippen LogP contribution in [-0.4, -0.2) is 27.8 Å². The van der Waals surface area contributed by atoms with Crippen LogP contribution in [0.3, 0.4) is 0 Å². The summed E-state index contributed by atoms with van der Waals surface area (Å²) in [5.41, 5.74) is 4.22. The molecule has 4 aromatic rings. The summed E-state index contributed by atoms with van der Waals surface area (Å²) in [7, 11) is 1.63. The van der Waals surface area contributed by atoms with Crippen LogP contribution in [0.4, 0.5) is 5.82 Å².